The lowest BCUT2D eigenvalue weighted by Crippen LogP contribution is -2.28. The summed E-state index contributed by atoms with van der Waals surface area (Å²) in [6.07, 6.45) is 5.24. The molecule has 4 rings (SSSR count). The topological polar surface area (TPSA) is 86.7 Å². The Labute approximate surface area is 154 Å². The van der Waals surface area contributed by atoms with Crippen LogP contribution < -0.4 is 11.0 Å². The summed E-state index contributed by atoms with van der Waals surface area (Å²) in [5, 5.41) is 7.09. The van der Waals surface area contributed by atoms with Crippen molar-refractivity contribution in [3.05, 3.63) is 77.1 Å². The maximum Gasteiger partial charge on any atom is 0.329 e. The van der Waals surface area contributed by atoms with Crippen LogP contribution in [0.4, 0.5) is 5.82 Å². The van der Waals surface area contributed by atoms with Crippen molar-refractivity contribution in [1.29, 1.82) is 0 Å². The second-order valence-electron chi connectivity index (χ2n) is 6.22. The lowest BCUT2D eigenvalue weighted by molar-refractivity contribution is -0.116. The predicted octanol–water partition coefficient (Wildman–Crippen LogP) is 1.62. The van der Waals surface area contributed by atoms with Gasteiger partial charge in [0.05, 0.1) is 17.6 Å². The number of fused-ring (bicyclic) bond motifs is 1. The predicted molar refractivity (Wildman–Crippen MR) is 101 cm³/mol. The third-order valence-electron chi connectivity index (χ3n) is 4.36. The number of nitrogens with one attached hydrogen (secondary N) is 1. The minimum absolute atomic E-state index is 0.0720. The molecule has 0 spiro atoms. The average molecular weight is 362 g/mol. The Hall–Kier alpha value is -3.68. The van der Waals surface area contributed by atoms with E-state index in [9.17, 15) is 9.59 Å². The van der Waals surface area contributed by atoms with Crippen molar-refractivity contribution in [2.24, 2.45) is 7.05 Å². The lowest BCUT2D eigenvalue weighted by Gasteiger charge is -2.04. The van der Waals surface area contributed by atoms with E-state index in [1.165, 1.54) is 9.13 Å². The summed E-state index contributed by atoms with van der Waals surface area (Å²) in [5.74, 6) is 0.143. The highest BCUT2D eigenvalue weighted by atomic mass is 16.2. The number of pyridine rings is 1. The van der Waals surface area contributed by atoms with E-state index in [4.69, 9.17) is 0 Å². The van der Waals surface area contributed by atoms with Crippen LogP contribution in [0.1, 0.15) is 5.56 Å². The van der Waals surface area contributed by atoms with Crippen molar-refractivity contribution in [3.8, 4) is 0 Å². The molecular formula is C19H18N6O2. The van der Waals surface area contributed by atoms with Crippen LogP contribution >= 0.6 is 0 Å². The normalized spacial score (nSPS) is 11.0. The Morgan fingerprint density at radius 1 is 1.07 bits per heavy atom. The number of nitrogens with zero attached hydrogens (tertiary/aromatic N) is 5. The Bertz CT molecular complexity index is 1160. The van der Waals surface area contributed by atoms with Crippen molar-refractivity contribution in [2.75, 3.05) is 5.32 Å². The van der Waals surface area contributed by atoms with E-state index in [2.05, 4.69) is 15.4 Å². The number of anilines is 1. The quantitative estimate of drug-likeness (QED) is 0.584. The van der Waals surface area contributed by atoms with Gasteiger partial charge in [0, 0.05) is 31.7 Å². The van der Waals surface area contributed by atoms with Crippen molar-refractivity contribution in [2.45, 2.75) is 13.1 Å². The van der Waals surface area contributed by atoms with Crippen LogP contribution in [-0.4, -0.2) is 29.8 Å². The van der Waals surface area contributed by atoms with Gasteiger partial charge in [0.25, 0.3) is 0 Å². The number of amides is 1. The Morgan fingerprint density at radius 3 is 2.59 bits per heavy atom. The molecule has 0 aliphatic rings. The van der Waals surface area contributed by atoms with Crippen molar-refractivity contribution in [3.63, 3.8) is 0 Å². The van der Waals surface area contributed by atoms with E-state index >= 15 is 0 Å². The van der Waals surface area contributed by atoms with Gasteiger partial charge in [-0.2, -0.15) is 5.10 Å². The van der Waals surface area contributed by atoms with Gasteiger partial charge in [-0.25, -0.2) is 4.79 Å². The van der Waals surface area contributed by atoms with E-state index < -0.39 is 0 Å². The van der Waals surface area contributed by atoms with E-state index in [1.807, 2.05) is 36.4 Å². The first-order valence-electron chi connectivity index (χ1n) is 8.48. The molecule has 4 aromatic rings. The summed E-state index contributed by atoms with van der Waals surface area (Å²) in [6.45, 7) is 0.512. The molecule has 1 aromatic carbocycles. The highest BCUT2D eigenvalue weighted by molar-refractivity contribution is 5.90. The van der Waals surface area contributed by atoms with E-state index in [1.54, 1.807) is 36.4 Å². The number of hydrogen-bond acceptors (Lipinski definition) is 4. The Morgan fingerprint density at radius 2 is 1.81 bits per heavy atom. The zero-order chi connectivity index (χ0) is 18.8. The monoisotopic (exact) mass is 362 g/mol. The Kier molecular flexibility index (Phi) is 4.29. The molecule has 0 unspecified atom stereocenters. The molecule has 1 N–H and O–H groups in total. The molecule has 136 valence electrons. The first-order chi connectivity index (χ1) is 13.1. The van der Waals surface area contributed by atoms with Crippen LogP contribution in [0.3, 0.4) is 0 Å². The molecule has 8 nitrogen and oxygen atoms in total. The van der Waals surface area contributed by atoms with Crippen molar-refractivity contribution >= 4 is 22.8 Å². The Balaban J connectivity index is 1.48. The number of para-hydroxylation sites is 2. The smallest absolute Gasteiger partial charge is 0.308 e. The summed E-state index contributed by atoms with van der Waals surface area (Å²) in [7, 11) is 1.69. The first kappa shape index (κ1) is 16.8. The summed E-state index contributed by atoms with van der Waals surface area (Å²) in [5.41, 5.74) is 2.35. The molecule has 0 aliphatic carbocycles. The average Bonchev–Trinajstić information content (AvgIpc) is 3.21. The second-order valence-corrected chi connectivity index (χ2v) is 6.22. The molecular weight excluding hydrogens is 344 g/mol. The number of carbonyl (C=O) groups is 1. The van der Waals surface area contributed by atoms with Gasteiger partial charge >= 0.3 is 5.69 Å². The number of rotatable bonds is 5. The van der Waals surface area contributed by atoms with Crippen LogP contribution in [0.2, 0.25) is 0 Å². The van der Waals surface area contributed by atoms with Crippen LogP contribution in [0, 0.1) is 0 Å². The maximum atomic E-state index is 12.4. The van der Waals surface area contributed by atoms with Gasteiger partial charge < -0.3 is 5.32 Å². The standard InChI is InChI=1S/C19H18N6O2/c1-23-15-4-2-3-5-16(15)25(19(23)27)13-18(26)21-17-8-11-24(22-17)12-14-6-9-20-10-7-14/h2-11H,12-13H2,1H3,(H,21,22,26). The van der Waals surface area contributed by atoms with Gasteiger partial charge in [0.2, 0.25) is 5.91 Å². The molecule has 0 saturated heterocycles. The molecule has 0 bridgehead atoms. The van der Waals surface area contributed by atoms with Gasteiger partial charge in [-0.05, 0) is 29.8 Å². The van der Waals surface area contributed by atoms with Gasteiger partial charge in [-0.1, -0.05) is 12.1 Å². The zero-order valence-electron chi connectivity index (χ0n) is 14.7. The fourth-order valence-electron chi connectivity index (χ4n) is 3.03. The summed E-state index contributed by atoms with van der Waals surface area (Å²) in [6, 6.07) is 12.9. The largest absolute Gasteiger partial charge is 0.329 e. The summed E-state index contributed by atoms with van der Waals surface area (Å²) >= 11 is 0. The maximum absolute atomic E-state index is 12.4. The fraction of sp³-hybridized carbons (Fsp3) is 0.158. The number of imidazole rings is 1. The zero-order valence-corrected chi connectivity index (χ0v) is 14.7. The molecule has 27 heavy (non-hydrogen) atoms. The molecule has 0 saturated carbocycles. The molecule has 0 atom stereocenters. The molecule has 8 heteroatoms. The van der Waals surface area contributed by atoms with Gasteiger partial charge in [-0.15, -0.1) is 0 Å². The van der Waals surface area contributed by atoms with E-state index in [0.29, 0.717) is 12.4 Å². The summed E-state index contributed by atoms with van der Waals surface area (Å²) < 4.78 is 4.72. The number of carbonyl (C=O) groups excluding carboxylic acids is 1. The van der Waals surface area contributed by atoms with Crippen LogP contribution in [0.15, 0.2) is 65.8 Å². The molecule has 3 aromatic heterocycles. The molecule has 1 amide bonds. The number of aryl methyl sites for hydroxylation is 1. The number of hydrogen-bond donors (Lipinski definition) is 1. The van der Waals surface area contributed by atoms with Gasteiger partial charge in [-0.3, -0.25) is 23.6 Å². The van der Waals surface area contributed by atoms with E-state index in [-0.39, 0.29) is 18.1 Å². The molecule has 0 radical (unpaired) electrons. The fourth-order valence-corrected chi connectivity index (χ4v) is 3.03. The molecule has 0 fully saturated rings. The van der Waals surface area contributed by atoms with Crippen LogP contribution in [-0.2, 0) is 24.9 Å². The van der Waals surface area contributed by atoms with Crippen molar-refractivity contribution in [1.82, 2.24) is 23.9 Å². The molecule has 3 heterocycles. The second kappa shape index (κ2) is 6.91. The minimum Gasteiger partial charge on any atom is -0.308 e. The highest BCUT2D eigenvalue weighted by Crippen LogP contribution is 2.12. The first-order valence-corrected chi connectivity index (χ1v) is 8.48. The molecule has 0 aliphatic heterocycles. The highest BCUT2D eigenvalue weighted by Gasteiger charge is 2.14. The number of aromatic nitrogens is 5. The minimum atomic E-state index is -0.303. The van der Waals surface area contributed by atoms with Gasteiger partial charge in [0.1, 0.15) is 6.54 Å². The van der Waals surface area contributed by atoms with Crippen LogP contribution in [0.5, 0.6) is 0 Å². The van der Waals surface area contributed by atoms with Crippen LogP contribution in [0.25, 0.3) is 11.0 Å². The van der Waals surface area contributed by atoms with Crippen molar-refractivity contribution < 1.29 is 4.79 Å². The lowest BCUT2D eigenvalue weighted by atomic mass is 10.3. The van der Waals surface area contributed by atoms with E-state index in [0.717, 1.165) is 16.6 Å². The summed E-state index contributed by atoms with van der Waals surface area (Å²) in [4.78, 5) is 28.8. The SMILES string of the molecule is Cn1c(=O)n(CC(=O)Nc2ccn(Cc3ccncc3)n2)c2ccccc21. The third kappa shape index (κ3) is 3.37. The number of benzene rings is 1. The van der Waals surface area contributed by atoms with Gasteiger partial charge in [0.15, 0.2) is 5.82 Å². The third-order valence-corrected chi connectivity index (χ3v) is 4.36.